The first-order valence-corrected chi connectivity index (χ1v) is 7.99. The van der Waals surface area contributed by atoms with Crippen LogP contribution in [0.5, 0.6) is 11.5 Å². The molecule has 0 spiro atoms. The first-order chi connectivity index (χ1) is 10.0. The highest BCUT2D eigenvalue weighted by Crippen LogP contribution is 2.35. The Hall–Kier alpha value is -1.30. The number of hydrogen-bond acceptors (Lipinski definition) is 3. The lowest BCUT2D eigenvalue weighted by atomic mass is 10.2. The van der Waals surface area contributed by atoms with Crippen molar-refractivity contribution in [2.75, 3.05) is 5.75 Å². The fourth-order valence-corrected chi connectivity index (χ4v) is 3.08. The van der Waals surface area contributed by atoms with Crippen LogP contribution >= 0.6 is 35.6 Å². The highest BCUT2D eigenvalue weighted by Gasteiger charge is 2.15. The van der Waals surface area contributed by atoms with Crippen molar-refractivity contribution in [1.82, 2.24) is 0 Å². The van der Waals surface area contributed by atoms with E-state index in [0.29, 0.717) is 11.3 Å². The maximum Gasteiger partial charge on any atom is 0.184 e. The van der Waals surface area contributed by atoms with Crippen molar-refractivity contribution in [1.29, 1.82) is 0 Å². The second-order valence-corrected chi connectivity index (χ2v) is 6.23. The van der Waals surface area contributed by atoms with Crippen molar-refractivity contribution >= 4 is 40.6 Å². The molecule has 0 bridgehead atoms. The predicted molar refractivity (Wildman–Crippen MR) is 90.2 cm³/mol. The lowest BCUT2D eigenvalue weighted by Gasteiger charge is -2.14. The Kier molecular flexibility index (Phi) is 5.45. The van der Waals surface area contributed by atoms with E-state index < -0.39 is 5.82 Å². The second-order valence-electron chi connectivity index (χ2n) is 4.08. The molecule has 0 aliphatic rings. The van der Waals surface area contributed by atoms with Crippen LogP contribution in [0.3, 0.4) is 0 Å². The van der Waals surface area contributed by atoms with Gasteiger partial charge in [0.25, 0.3) is 0 Å². The number of thioether (sulfide) groups is 1. The molecule has 0 unspecified atom stereocenters. The summed E-state index contributed by atoms with van der Waals surface area (Å²) < 4.78 is 19.6. The zero-order valence-electron chi connectivity index (χ0n) is 11.2. The molecule has 2 nitrogen and oxygen atoms in total. The standard InChI is InChI=1S/C15H13ClFNOS2/c1-2-21-12-8-4-6-10(13(12)15(18)20)19-11-7-3-5-9(16)14(11)17/h3-8H,2H2,1H3,(H2,18,20). The van der Waals surface area contributed by atoms with Crippen LogP contribution in [-0.4, -0.2) is 10.7 Å². The third-order valence-corrected chi connectivity index (χ3v) is 4.11. The molecule has 0 saturated carbocycles. The smallest absolute Gasteiger partial charge is 0.184 e. The summed E-state index contributed by atoms with van der Waals surface area (Å²) in [7, 11) is 0. The molecule has 0 amide bonds. The van der Waals surface area contributed by atoms with Gasteiger partial charge < -0.3 is 10.5 Å². The van der Waals surface area contributed by atoms with Crippen LogP contribution in [0.4, 0.5) is 4.39 Å². The van der Waals surface area contributed by atoms with Gasteiger partial charge in [0.2, 0.25) is 0 Å². The van der Waals surface area contributed by atoms with Gasteiger partial charge in [-0.1, -0.05) is 42.9 Å². The van der Waals surface area contributed by atoms with E-state index in [2.05, 4.69) is 0 Å². The van der Waals surface area contributed by atoms with Gasteiger partial charge in [-0.25, -0.2) is 4.39 Å². The van der Waals surface area contributed by atoms with Crippen LogP contribution in [0.15, 0.2) is 41.3 Å². The van der Waals surface area contributed by atoms with E-state index in [9.17, 15) is 4.39 Å². The van der Waals surface area contributed by atoms with E-state index in [-0.39, 0.29) is 15.8 Å². The molecule has 21 heavy (non-hydrogen) atoms. The van der Waals surface area contributed by atoms with Gasteiger partial charge >= 0.3 is 0 Å². The van der Waals surface area contributed by atoms with Gasteiger partial charge in [-0.05, 0) is 30.0 Å². The maximum absolute atomic E-state index is 13.9. The molecule has 6 heteroatoms. The number of thiocarbonyl (C=S) groups is 1. The van der Waals surface area contributed by atoms with Gasteiger partial charge in [-0.15, -0.1) is 11.8 Å². The fourth-order valence-electron chi connectivity index (χ4n) is 1.80. The Bertz CT molecular complexity index is 679. The summed E-state index contributed by atoms with van der Waals surface area (Å²) in [4.78, 5) is 1.12. The molecule has 0 aliphatic heterocycles. The molecule has 0 aromatic heterocycles. The molecule has 0 radical (unpaired) electrons. The Balaban J connectivity index is 2.46. The monoisotopic (exact) mass is 341 g/mol. The maximum atomic E-state index is 13.9. The van der Waals surface area contributed by atoms with E-state index >= 15 is 0 Å². The van der Waals surface area contributed by atoms with Crippen LogP contribution in [0.25, 0.3) is 0 Å². The van der Waals surface area contributed by atoms with Crippen molar-refractivity contribution < 1.29 is 9.13 Å². The third-order valence-electron chi connectivity index (χ3n) is 2.67. The minimum atomic E-state index is -0.610. The van der Waals surface area contributed by atoms with Gasteiger partial charge in [-0.3, -0.25) is 0 Å². The zero-order valence-corrected chi connectivity index (χ0v) is 13.6. The van der Waals surface area contributed by atoms with E-state index in [1.807, 2.05) is 19.1 Å². The highest BCUT2D eigenvalue weighted by molar-refractivity contribution is 7.99. The Morgan fingerprint density at radius 1 is 1.29 bits per heavy atom. The average Bonchev–Trinajstić information content (AvgIpc) is 2.44. The van der Waals surface area contributed by atoms with Gasteiger partial charge in [0, 0.05) is 4.90 Å². The SMILES string of the molecule is CCSc1cccc(Oc2cccc(Cl)c2F)c1C(N)=S. The van der Waals surface area contributed by atoms with Crippen LogP contribution in [0.2, 0.25) is 5.02 Å². The third kappa shape index (κ3) is 3.67. The topological polar surface area (TPSA) is 35.2 Å². The fraction of sp³-hybridized carbons (Fsp3) is 0.133. The van der Waals surface area contributed by atoms with E-state index in [0.717, 1.165) is 10.6 Å². The first-order valence-electron chi connectivity index (χ1n) is 6.22. The summed E-state index contributed by atoms with van der Waals surface area (Å²) in [6.07, 6.45) is 0. The Morgan fingerprint density at radius 3 is 2.62 bits per heavy atom. The minimum absolute atomic E-state index is 0.00321. The van der Waals surface area contributed by atoms with Crippen molar-refractivity contribution in [3.05, 3.63) is 52.8 Å². The molecule has 0 fully saturated rings. The number of nitrogens with two attached hydrogens (primary N) is 1. The number of hydrogen-bond donors (Lipinski definition) is 1. The Morgan fingerprint density at radius 2 is 1.95 bits per heavy atom. The summed E-state index contributed by atoms with van der Waals surface area (Å²) >= 11 is 12.4. The quantitative estimate of drug-likeness (QED) is 0.612. The van der Waals surface area contributed by atoms with E-state index in [1.165, 1.54) is 12.1 Å². The molecule has 0 atom stereocenters. The lowest BCUT2D eigenvalue weighted by molar-refractivity contribution is 0.441. The van der Waals surface area contributed by atoms with Gasteiger partial charge in [0.1, 0.15) is 10.7 Å². The number of ether oxygens (including phenoxy) is 1. The van der Waals surface area contributed by atoms with Crippen LogP contribution in [0.1, 0.15) is 12.5 Å². The molecule has 2 rings (SSSR count). The predicted octanol–water partition coefficient (Wildman–Crippen LogP) is 5.02. The van der Waals surface area contributed by atoms with E-state index in [1.54, 1.807) is 23.9 Å². The molecular formula is C15H13ClFNOS2. The van der Waals surface area contributed by atoms with Crippen molar-refractivity contribution in [3.63, 3.8) is 0 Å². The number of rotatable bonds is 5. The summed E-state index contributed by atoms with van der Waals surface area (Å²) in [5.74, 6) is 0.715. The van der Waals surface area contributed by atoms with E-state index in [4.69, 9.17) is 34.3 Å². The molecule has 0 saturated heterocycles. The minimum Gasteiger partial charge on any atom is -0.453 e. The van der Waals surface area contributed by atoms with Crippen molar-refractivity contribution in [2.45, 2.75) is 11.8 Å². The number of halogens is 2. The zero-order chi connectivity index (χ0) is 15.4. The molecule has 2 aromatic rings. The molecule has 110 valence electrons. The molecule has 0 heterocycles. The second kappa shape index (κ2) is 7.11. The summed E-state index contributed by atoms with van der Waals surface area (Å²) in [6, 6.07) is 10.0. The van der Waals surface area contributed by atoms with Crippen LogP contribution < -0.4 is 10.5 Å². The normalized spacial score (nSPS) is 10.4. The molecule has 2 aromatic carbocycles. The largest absolute Gasteiger partial charge is 0.453 e. The lowest BCUT2D eigenvalue weighted by Crippen LogP contribution is -2.12. The van der Waals surface area contributed by atoms with Crippen LogP contribution in [-0.2, 0) is 0 Å². The Labute approximate surface area is 137 Å². The molecule has 2 N–H and O–H groups in total. The van der Waals surface area contributed by atoms with Crippen molar-refractivity contribution in [2.24, 2.45) is 5.73 Å². The summed E-state index contributed by atoms with van der Waals surface area (Å²) in [5.41, 5.74) is 6.40. The van der Waals surface area contributed by atoms with Crippen LogP contribution in [0, 0.1) is 5.82 Å². The number of benzene rings is 2. The summed E-state index contributed by atoms with van der Waals surface area (Å²) in [5, 5.41) is 0.00321. The molecule has 0 aliphatic carbocycles. The highest BCUT2D eigenvalue weighted by atomic mass is 35.5. The van der Waals surface area contributed by atoms with Gasteiger partial charge in [-0.2, -0.15) is 0 Å². The van der Waals surface area contributed by atoms with Gasteiger partial charge in [0.15, 0.2) is 11.6 Å². The summed E-state index contributed by atoms with van der Waals surface area (Å²) in [6.45, 7) is 2.03. The van der Waals surface area contributed by atoms with Gasteiger partial charge in [0.05, 0.1) is 10.6 Å². The average molecular weight is 342 g/mol. The molecular weight excluding hydrogens is 329 g/mol. The first kappa shape index (κ1) is 16.1. The van der Waals surface area contributed by atoms with Crippen molar-refractivity contribution in [3.8, 4) is 11.5 Å².